The van der Waals surface area contributed by atoms with Crippen LogP contribution in [0.4, 0.5) is 0 Å². The average molecular weight is 354 g/mol. The quantitative estimate of drug-likeness (QED) is 0.608. The van der Waals surface area contributed by atoms with Crippen molar-refractivity contribution in [2.24, 2.45) is 11.0 Å². The van der Waals surface area contributed by atoms with Crippen molar-refractivity contribution in [2.45, 2.75) is 60.4 Å². The molecule has 0 unspecified atom stereocenters. The minimum absolute atomic E-state index is 0.0751. The molecule has 0 fully saturated rings. The van der Waals surface area contributed by atoms with Crippen molar-refractivity contribution < 1.29 is 4.79 Å². The van der Waals surface area contributed by atoms with Gasteiger partial charge in [0.2, 0.25) is 0 Å². The first-order chi connectivity index (χ1) is 12.1. The zero-order valence-electron chi connectivity index (χ0n) is 17.1. The molecule has 2 aromatic rings. The molecule has 140 valence electrons. The number of hydrogen-bond donors (Lipinski definition) is 1. The summed E-state index contributed by atoms with van der Waals surface area (Å²) in [5.74, 6) is 0.387. The van der Waals surface area contributed by atoms with Gasteiger partial charge >= 0.3 is 0 Å². The largest absolute Gasteiger partial charge is 0.348 e. The van der Waals surface area contributed by atoms with Crippen molar-refractivity contribution in [3.05, 3.63) is 58.4 Å². The molecule has 2 rings (SSSR count). The number of carbonyl (C=O) groups excluding carboxylic acids is 1. The number of benzene rings is 1. The molecule has 1 heterocycles. The van der Waals surface area contributed by atoms with Gasteiger partial charge in [-0.1, -0.05) is 46.8 Å². The summed E-state index contributed by atoms with van der Waals surface area (Å²) in [5, 5.41) is 4.15. The molecule has 26 heavy (non-hydrogen) atoms. The van der Waals surface area contributed by atoms with Crippen molar-refractivity contribution in [1.29, 1.82) is 0 Å². The third-order valence-electron chi connectivity index (χ3n) is 4.54. The van der Waals surface area contributed by atoms with Crippen LogP contribution in [0.3, 0.4) is 0 Å². The fourth-order valence-electron chi connectivity index (χ4n) is 2.95. The van der Waals surface area contributed by atoms with Gasteiger partial charge in [0.25, 0.3) is 5.91 Å². The van der Waals surface area contributed by atoms with Crippen LogP contribution in [0.25, 0.3) is 0 Å². The zero-order valence-corrected chi connectivity index (χ0v) is 17.1. The Kier molecular flexibility index (Phi) is 6.06. The summed E-state index contributed by atoms with van der Waals surface area (Å²) in [6, 6.07) is 9.79. The van der Waals surface area contributed by atoms with E-state index in [-0.39, 0.29) is 11.3 Å². The number of rotatable bonds is 5. The first-order valence-electron chi connectivity index (χ1n) is 9.20. The number of hydrogen-bond acceptors (Lipinski definition) is 2. The lowest BCUT2D eigenvalue weighted by Gasteiger charge is -2.18. The Hall–Kier alpha value is -2.36. The maximum Gasteiger partial charge on any atom is 0.271 e. The molecule has 0 aliphatic heterocycles. The number of nitrogens with one attached hydrogen (secondary N) is 1. The van der Waals surface area contributed by atoms with Crippen LogP contribution in [0.2, 0.25) is 0 Å². The fourth-order valence-corrected chi connectivity index (χ4v) is 2.95. The van der Waals surface area contributed by atoms with Gasteiger partial charge in [0.05, 0.1) is 6.21 Å². The van der Waals surface area contributed by atoms with Gasteiger partial charge in [-0.25, -0.2) is 5.43 Å². The Morgan fingerprint density at radius 1 is 1.19 bits per heavy atom. The number of hydrazone groups is 1. The molecule has 0 aliphatic rings. The Labute approximate surface area is 157 Å². The highest BCUT2D eigenvalue weighted by molar-refractivity contribution is 5.95. The second-order valence-electron chi connectivity index (χ2n) is 8.36. The highest BCUT2D eigenvalue weighted by Crippen LogP contribution is 2.22. The summed E-state index contributed by atoms with van der Waals surface area (Å²) in [4.78, 5) is 12.3. The van der Waals surface area contributed by atoms with Crippen LogP contribution in [0.15, 0.2) is 35.4 Å². The van der Waals surface area contributed by atoms with Gasteiger partial charge in [0.15, 0.2) is 0 Å². The van der Waals surface area contributed by atoms with Crippen LogP contribution in [-0.4, -0.2) is 16.7 Å². The first kappa shape index (κ1) is 20.0. The predicted molar refractivity (Wildman–Crippen MR) is 109 cm³/mol. The molecule has 0 saturated heterocycles. The highest BCUT2D eigenvalue weighted by atomic mass is 16.2. The first-order valence-corrected chi connectivity index (χ1v) is 9.20. The molecule has 0 saturated carbocycles. The van der Waals surface area contributed by atoms with E-state index in [1.807, 2.05) is 24.3 Å². The van der Waals surface area contributed by atoms with Crippen molar-refractivity contribution in [3.8, 4) is 0 Å². The number of aromatic nitrogens is 1. The van der Waals surface area contributed by atoms with Crippen molar-refractivity contribution in [2.75, 3.05) is 0 Å². The molecule has 0 bridgehead atoms. The molecular weight excluding hydrogens is 322 g/mol. The Balaban J connectivity index is 2.05. The third kappa shape index (κ3) is 4.84. The molecule has 4 nitrogen and oxygen atoms in total. The van der Waals surface area contributed by atoms with Crippen molar-refractivity contribution in [1.82, 2.24) is 9.99 Å². The molecule has 0 spiro atoms. The summed E-state index contributed by atoms with van der Waals surface area (Å²) >= 11 is 0. The maximum absolute atomic E-state index is 12.3. The van der Waals surface area contributed by atoms with E-state index in [0.29, 0.717) is 11.5 Å². The summed E-state index contributed by atoms with van der Waals surface area (Å²) < 4.78 is 2.29. The van der Waals surface area contributed by atoms with Crippen molar-refractivity contribution >= 4 is 12.1 Å². The van der Waals surface area contributed by atoms with Crippen LogP contribution in [0.5, 0.6) is 0 Å². The van der Waals surface area contributed by atoms with E-state index >= 15 is 0 Å². The summed E-state index contributed by atoms with van der Waals surface area (Å²) in [6.07, 6.45) is 1.72. The minimum atomic E-state index is -0.197. The summed E-state index contributed by atoms with van der Waals surface area (Å²) in [5.41, 5.74) is 7.93. The lowest BCUT2D eigenvalue weighted by atomic mass is 9.87. The van der Waals surface area contributed by atoms with E-state index in [2.05, 4.69) is 69.6 Å². The molecule has 1 N–H and O–H groups in total. The van der Waals surface area contributed by atoms with Gasteiger partial charge in [-0.05, 0) is 48.9 Å². The molecule has 1 aromatic heterocycles. The number of carbonyl (C=O) groups is 1. The zero-order chi connectivity index (χ0) is 19.5. The fraction of sp³-hybridized carbons (Fsp3) is 0.455. The number of aryl methyl sites for hydroxylation is 1. The van der Waals surface area contributed by atoms with Gasteiger partial charge < -0.3 is 4.57 Å². The highest BCUT2D eigenvalue weighted by Gasteiger charge is 2.14. The van der Waals surface area contributed by atoms with Crippen LogP contribution in [0.1, 0.15) is 67.5 Å². The Morgan fingerprint density at radius 3 is 2.35 bits per heavy atom. The minimum Gasteiger partial charge on any atom is -0.348 e. The van der Waals surface area contributed by atoms with Crippen LogP contribution < -0.4 is 5.43 Å². The molecule has 4 heteroatoms. The molecule has 0 radical (unpaired) electrons. The monoisotopic (exact) mass is 353 g/mol. The van der Waals surface area contributed by atoms with Gasteiger partial charge in [-0.3, -0.25) is 4.79 Å². The molecular formula is C22H31N3O. The third-order valence-corrected chi connectivity index (χ3v) is 4.54. The van der Waals surface area contributed by atoms with Crippen LogP contribution >= 0.6 is 0 Å². The smallest absolute Gasteiger partial charge is 0.271 e. The maximum atomic E-state index is 12.3. The summed E-state index contributed by atoms with van der Waals surface area (Å²) in [7, 11) is 0. The van der Waals surface area contributed by atoms with Gasteiger partial charge in [-0.15, -0.1) is 0 Å². The molecule has 0 atom stereocenters. The van der Waals surface area contributed by atoms with Crippen LogP contribution in [0, 0.1) is 19.8 Å². The summed E-state index contributed by atoms with van der Waals surface area (Å²) in [6.45, 7) is 16.0. The Bertz CT molecular complexity index is 790. The normalized spacial score (nSPS) is 12.2. The average Bonchev–Trinajstić information content (AvgIpc) is 2.81. The van der Waals surface area contributed by atoms with E-state index < -0.39 is 0 Å². The predicted octanol–water partition coefficient (Wildman–Crippen LogP) is 4.82. The second-order valence-corrected chi connectivity index (χ2v) is 8.36. The van der Waals surface area contributed by atoms with E-state index in [9.17, 15) is 4.79 Å². The lowest BCUT2D eigenvalue weighted by Crippen LogP contribution is -2.18. The van der Waals surface area contributed by atoms with Gasteiger partial charge in [0, 0.05) is 29.1 Å². The second kappa shape index (κ2) is 7.90. The molecule has 1 amide bonds. The molecule has 0 aliphatic carbocycles. The topological polar surface area (TPSA) is 46.4 Å². The Morgan fingerprint density at radius 2 is 1.81 bits per heavy atom. The van der Waals surface area contributed by atoms with Gasteiger partial charge in [0.1, 0.15) is 0 Å². The van der Waals surface area contributed by atoms with E-state index in [1.165, 1.54) is 17.0 Å². The number of amides is 1. The standard InChI is InChI=1S/C22H31N3O/c1-15(2)14-25-16(3)12-19(17(25)4)13-23-24-21(26)18-8-10-20(11-9-18)22(5,6)7/h8-13,15H,14H2,1-7H3,(H,24,26)/b23-13-. The van der Waals surface area contributed by atoms with Crippen LogP contribution in [-0.2, 0) is 12.0 Å². The SMILES string of the molecule is Cc1cc(/C=N\NC(=O)c2ccc(C(C)(C)C)cc2)c(C)n1CC(C)C. The molecule has 1 aromatic carbocycles. The van der Waals surface area contributed by atoms with E-state index in [4.69, 9.17) is 0 Å². The van der Waals surface area contributed by atoms with Gasteiger partial charge in [-0.2, -0.15) is 5.10 Å². The van der Waals surface area contributed by atoms with E-state index in [1.54, 1.807) is 6.21 Å². The van der Waals surface area contributed by atoms with Crippen molar-refractivity contribution in [3.63, 3.8) is 0 Å². The number of nitrogens with zero attached hydrogens (tertiary/aromatic N) is 2. The van der Waals surface area contributed by atoms with E-state index in [0.717, 1.165) is 12.1 Å². The lowest BCUT2D eigenvalue weighted by molar-refractivity contribution is 0.0955.